The fraction of sp³-hybridized carbons (Fsp3) is 0.385. The van der Waals surface area contributed by atoms with E-state index in [0.29, 0.717) is 0 Å². The number of nitrogens with two attached hydrogens (primary N) is 1. The van der Waals surface area contributed by atoms with Crippen molar-refractivity contribution in [3.8, 4) is 0 Å². The monoisotopic (exact) mass is 285 g/mol. The Kier molecular flexibility index (Phi) is 5.42. The van der Waals surface area contributed by atoms with E-state index in [2.05, 4.69) is 5.16 Å². The van der Waals surface area contributed by atoms with Gasteiger partial charge >= 0.3 is 0 Å². The van der Waals surface area contributed by atoms with Crippen LogP contribution in [0.15, 0.2) is 23.4 Å². The van der Waals surface area contributed by atoms with E-state index in [-0.39, 0.29) is 36.2 Å². The predicted octanol–water partition coefficient (Wildman–Crippen LogP) is 1.49. The average Bonchev–Trinajstić information content (AvgIpc) is 2.40. The number of oxime groups is 1. The lowest BCUT2D eigenvalue weighted by Gasteiger charge is -2.24. The van der Waals surface area contributed by atoms with Crippen molar-refractivity contribution >= 4 is 11.7 Å². The van der Waals surface area contributed by atoms with E-state index in [1.165, 1.54) is 11.0 Å². The minimum atomic E-state index is -0.754. The lowest BCUT2D eigenvalue weighted by molar-refractivity contribution is -0.130. The SMILES string of the molecule is CC(C/C(N)=N/O)N(C)C(=O)Cc1ccc(F)cc1F. The molecule has 0 bridgehead atoms. The first-order valence-corrected chi connectivity index (χ1v) is 6.01. The molecule has 1 amide bonds. The van der Waals surface area contributed by atoms with Crippen LogP contribution in [0.25, 0.3) is 0 Å². The minimum Gasteiger partial charge on any atom is -0.409 e. The Hall–Kier alpha value is -2.18. The number of rotatable bonds is 5. The van der Waals surface area contributed by atoms with Crippen LogP contribution in [0.1, 0.15) is 18.9 Å². The maximum atomic E-state index is 13.5. The van der Waals surface area contributed by atoms with Crippen molar-refractivity contribution in [1.82, 2.24) is 4.90 Å². The molecule has 1 aromatic rings. The van der Waals surface area contributed by atoms with Crippen LogP contribution < -0.4 is 5.73 Å². The van der Waals surface area contributed by atoms with Crippen molar-refractivity contribution in [3.63, 3.8) is 0 Å². The number of amidine groups is 1. The smallest absolute Gasteiger partial charge is 0.227 e. The molecular weight excluding hydrogens is 268 g/mol. The van der Waals surface area contributed by atoms with Gasteiger partial charge in [-0.15, -0.1) is 0 Å². The number of benzene rings is 1. The van der Waals surface area contributed by atoms with Crippen LogP contribution in [-0.4, -0.2) is 34.9 Å². The van der Waals surface area contributed by atoms with E-state index in [9.17, 15) is 13.6 Å². The van der Waals surface area contributed by atoms with Gasteiger partial charge in [-0.25, -0.2) is 8.78 Å². The van der Waals surface area contributed by atoms with Gasteiger partial charge in [-0.05, 0) is 18.6 Å². The molecule has 20 heavy (non-hydrogen) atoms. The number of hydrogen-bond donors (Lipinski definition) is 2. The maximum Gasteiger partial charge on any atom is 0.227 e. The third-order valence-electron chi connectivity index (χ3n) is 3.04. The van der Waals surface area contributed by atoms with Crippen LogP contribution in [0.4, 0.5) is 8.78 Å². The molecule has 3 N–H and O–H groups in total. The second-order valence-corrected chi connectivity index (χ2v) is 4.56. The first kappa shape index (κ1) is 15.9. The van der Waals surface area contributed by atoms with Crippen LogP contribution in [0.5, 0.6) is 0 Å². The molecule has 0 saturated heterocycles. The summed E-state index contributed by atoms with van der Waals surface area (Å²) < 4.78 is 26.2. The molecule has 7 heteroatoms. The lowest BCUT2D eigenvalue weighted by Crippen LogP contribution is -2.38. The Bertz CT molecular complexity index is 520. The zero-order valence-electron chi connectivity index (χ0n) is 11.3. The van der Waals surface area contributed by atoms with Gasteiger partial charge in [0, 0.05) is 25.6 Å². The highest BCUT2D eigenvalue weighted by atomic mass is 19.1. The Morgan fingerprint density at radius 1 is 1.50 bits per heavy atom. The number of likely N-dealkylation sites (N-methyl/N-ethyl adjacent to an activating group) is 1. The van der Waals surface area contributed by atoms with Crippen LogP contribution in [0.3, 0.4) is 0 Å². The fourth-order valence-electron chi connectivity index (χ4n) is 1.68. The van der Waals surface area contributed by atoms with Gasteiger partial charge in [-0.2, -0.15) is 0 Å². The second kappa shape index (κ2) is 6.83. The van der Waals surface area contributed by atoms with Gasteiger partial charge < -0.3 is 15.8 Å². The van der Waals surface area contributed by atoms with Crippen molar-refractivity contribution in [3.05, 3.63) is 35.4 Å². The van der Waals surface area contributed by atoms with Gasteiger partial charge in [0.25, 0.3) is 0 Å². The average molecular weight is 285 g/mol. The molecule has 0 saturated carbocycles. The molecule has 110 valence electrons. The van der Waals surface area contributed by atoms with Crippen molar-refractivity contribution in [2.75, 3.05) is 7.05 Å². The highest BCUT2D eigenvalue weighted by molar-refractivity contribution is 5.82. The van der Waals surface area contributed by atoms with E-state index in [4.69, 9.17) is 10.9 Å². The molecular formula is C13H17F2N3O2. The maximum absolute atomic E-state index is 13.5. The number of hydrogen-bond acceptors (Lipinski definition) is 3. The van der Waals surface area contributed by atoms with Gasteiger partial charge in [0.05, 0.1) is 6.42 Å². The van der Waals surface area contributed by atoms with E-state index >= 15 is 0 Å². The molecule has 0 aliphatic heterocycles. The molecule has 1 unspecified atom stereocenters. The van der Waals surface area contributed by atoms with E-state index in [0.717, 1.165) is 12.1 Å². The molecule has 0 heterocycles. The van der Waals surface area contributed by atoms with Gasteiger partial charge in [0.15, 0.2) is 0 Å². The molecule has 0 aliphatic rings. The quantitative estimate of drug-likeness (QED) is 0.372. The van der Waals surface area contributed by atoms with Gasteiger partial charge in [0.1, 0.15) is 17.5 Å². The Morgan fingerprint density at radius 3 is 2.70 bits per heavy atom. The molecule has 0 fully saturated rings. The number of amides is 1. The summed E-state index contributed by atoms with van der Waals surface area (Å²) in [5, 5.41) is 11.3. The zero-order valence-corrected chi connectivity index (χ0v) is 11.3. The number of carbonyl (C=O) groups excluding carboxylic acids is 1. The third-order valence-corrected chi connectivity index (χ3v) is 3.04. The lowest BCUT2D eigenvalue weighted by atomic mass is 10.1. The number of carbonyl (C=O) groups is 1. The highest BCUT2D eigenvalue weighted by Crippen LogP contribution is 2.12. The van der Waals surface area contributed by atoms with Gasteiger partial charge in [-0.3, -0.25) is 4.79 Å². The number of halogens is 2. The van der Waals surface area contributed by atoms with E-state index in [1.807, 2.05) is 0 Å². The first-order valence-electron chi connectivity index (χ1n) is 6.01. The molecule has 1 rings (SSSR count). The first-order chi connectivity index (χ1) is 9.35. The van der Waals surface area contributed by atoms with Crippen LogP contribution >= 0.6 is 0 Å². The van der Waals surface area contributed by atoms with Crippen LogP contribution in [-0.2, 0) is 11.2 Å². The topological polar surface area (TPSA) is 78.9 Å². The van der Waals surface area contributed by atoms with Crippen molar-refractivity contribution in [1.29, 1.82) is 0 Å². The molecule has 1 aromatic carbocycles. The zero-order chi connectivity index (χ0) is 15.3. The predicted molar refractivity (Wildman–Crippen MR) is 70.3 cm³/mol. The third kappa shape index (κ3) is 4.18. The summed E-state index contributed by atoms with van der Waals surface area (Å²) in [5.41, 5.74) is 5.49. The second-order valence-electron chi connectivity index (χ2n) is 4.56. The Labute approximate surface area is 115 Å². The summed E-state index contributed by atoms with van der Waals surface area (Å²) in [6, 6.07) is 2.78. The van der Waals surface area contributed by atoms with E-state index < -0.39 is 11.6 Å². The van der Waals surface area contributed by atoms with Gasteiger partial charge in [-0.1, -0.05) is 11.2 Å². The molecule has 5 nitrogen and oxygen atoms in total. The summed E-state index contributed by atoms with van der Waals surface area (Å²) in [5.74, 6) is -1.78. The Morgan fingerprint density at radius 2 is 2.15 bits per heavy atom. The summed E-state index contributed by atoms with van der Waals surface area (Å²) >= 11 is 0. The molecule has 0 radical (unpaired) electrons. The summed E-state index contributed by atoms with van der Waals surface area (Å²) in [6.07, 6.45) is 0.0216. The Balaban J connectivity index is 2.70. The van der Waals surface area contributed by atoms with E-state index in [1.54, 1.807) is 14.0 Å². The van der Waals surface area contributed by atoms with Gasteiger partial charge in [0.2, 0.25) is 5.91 Å². The molecule has 1 atom stereocenters. The molecule has 0 spiro atoms. The molecule has 0 aliphatic carbocycles. The fourth-order valence-corrected chi connectivity index (χ4v) is 1.68. The van der Waals surface area contributed by atoms with Crippen molar-refractivity contribution < 1.29 is 18.8 Å². The summed E-state index contributed by atoms with van der Waals surface area (Å²) in [7, 11) is 1.54. The van der Waals surface area contributed by atoms with Crippen molar-refractivity contribution in [2.45, 2.75) is 25.8 Å². The number of nitrogens with zero attached hydrogens (tertiary/aromatic N) is 2. The standard InChI is InChI=1S/C13H17F2N3O2/c1-8(5-12(16)17-20)18(2)13(19)6-9-3-4-10(14)7-11(9)15/h3-4,7-8,20H,5-6H2,1-2H3,(H2,16,17). The normalized spacial score (nSPS) is 13.1. The minimum absolute atomic E-state index is 0.00473. The van der Waals surface area contributed by atoms with Crippen LogP contribution in [0.2, 0.25) is 0 Å². The highest BCUT2D eigenvalue weighted by Gasteiger charge is 2.18. The van der Waals surface area contributed by atoms with Crippen LogP contribution in [0, 0.1) is 11.6 Å². The largest absolute Gasteiger partial charge is 0.409 e. The van der Waals surface area contributed by atoms with Crippen molar-refractivity contribution in [2.24, 2.45) is 10.9 Å². The summed E-state index contributed by atoms with van der Waals surface area (Å²) in [4.78, 5) is 13.4. The summed E-state index contributed by atoms with van der Waals surface area (Å²) in [6.45, 7) is 1.72. The molecule has 0 aromatic heterocycles.